The Balaban J connectivity index is 1.61. The van der Waals surface area contributed by atoms with Gasteiger partial charge in [-0.1, -0.05) is 17.3 Å². The minimum Gasteiger partial charge on any atom is -0.474 e. The summed E-state index contributed by atoms with van der Waals surface area (Å²) in [5.74, 6) is 0.661. The number of nitrogens with zero attached hydrogens (tertiary/aromatic N) is 4. The third kappa shape index (κ3) is 6.66. The molecule has 0 unspecified atom stereocenters. The predicted molar refractivity (Wildman–Crippen MR) is 126 cm³/mol. The molecular weight excluding hydrogens is 460 g/mol. The lowest BCUT2D eigenvalue weighted by atomic mass is 10.1. The first kappa shape index (κ1) is 25.4. The summed E-state index contributed by atoms with van der Waals surface area (Å²) in [6, 6.07) is 6.39. The molecule has 1 aliphatic rings. The van der Waals surface area contributed by atoms with Crippen molar-refractivity contribution in [3.05, 3.63) is 41.7 Å². The van der Waals surface area contributed by atoms with Gasteiger partial charge in [-0.15, -0.1) is 0 Å². The van der Waals surface area contributed by atoms with Crippen molar-refractivity contribution in [1.29, 1.82) is 0 Å². The van der Waals surface area contributed by atoms with Gasteiger partial charge in [-0.2, -0.15) is 4.98 Å². The molecule has 0 radical (unpaired) electrons. The van der Waals surface area contributed by atoms with Gasteiger partial charge in [0.25, 0.3) is 5.88 Å². The van der Waals surface area contributed by atoms with Crippen molar-refractivity contribution in [2.24, 2.45) is 5.16 Å². The first-order valence-electron chi connectivity index (χ1n) is 11.0. The van der Waals surface area contributed by atoms with Crippen molar-refractivity contribution in [2.45, 2.75) is 57.6 Å². The molecule has 0 saturated carbocycles. The van der Waals surface area contributed by atoms with E-state index in [4.69, 9.17) is 14.3 Å². The number of hydrogen-bond acceptors (Lipinski definition) is 9. The van der Waals surface area contributed by atoms with Crippen LogP contribution in [-0.2, 0) is 14.6 Å². The molecule has 0 spiro atoms. The number of rotatable bonds is 7. The number of likely N-dealkylation sites (tertiary alicyclic amines) is 1. The fourth-order valence-electron chi connectivity index (χ4n) is 3.33. The number of ether oxygens (including phenoxy) is 2. The van der Waals surface area contributed by atoms with Crippen LogP contribution in [0.4, 0.5) is 4.79 Å². The number of piperidine rings is 1. The Bertz CT molecular complexity index is 1140. The van der Waals surface area contributed by atoms with E-state index in [1.165, 1.54) is 18.5 Å². The largest absolute Gasteiger partial charge is 0.474 e. The zero-order chi connectivity index (χ0) is 24.9. The summed E-state index contributed by atoms with van der Waals surface area (Å²) in [6.07, 6.45) is 3.28. The van der Waals surface area contributed by atoms with Gasteiger partial charge < -0.3 is 19.2 Å². The molecule has 1 fully saturated rings. The molecule has 1 aliphatic heterocycles. The van der Waals surface area contributed by atoms with Gasteiger partial charge in [0.05, 0.1) is 22.3 Å². The molecule has 3 rings (SSSR count). The number of carbonyl (C=O) groups excluding carboxylic acids is 1. The quantitative estimate of drug-likeness (QED) is 0.428. The van der Waals surface area contributed by atoms with Crippen LogP contribution in [0.15, 0.2) is 40.6 Å². The topological polar surface area (TPSA) is 120 Å². The molecule has 1 aromatic carbocycles. The number of benzene rings is 1. The standard InChI is InChI=1S/C23H30N4O6S/c1-15(2)31-23(28)27-12-10-19(11-13-27)32-21-16(3)22(25-14-24-21)33-26-17(4)18-6-8-20(9-7-18)34(5,29)30/h6-9,14-15,19H,10-13H2,1-5H3/b26-17-. The molecule has 0 aliphatic carbocycles. The van der Waals surface area contributed by atoms with Gasteiger partial charge in [0.15, 0.2) is 9.84 Å². The van der Waals surface area contributed by atoms with Crippen LogP contribution >= 0.6 is 0 Å². The van der Waals surface area contributed by atoms with Gasteiger partial charge in [0.1, 0.15) is 12.4 Å². The molecule has 1 aromatic heterocycles. The van der Waals surface area contributed by atoms with Crippen LogP contribution in [-0.4, -0.2) is 66.6 Å². The van der Waals surface area contributed by atoms with Crippen LogP contribution < -0.4 is 9.57 Å². The summed E-state index contributed by atoms with van der Waals surface area (Å²) in [5.41, 5.74) is 1.88. The maximum absolute atomic E-state index is 12.0. The van der Waals surface area contributed by atoms with E-state index >= 15 is 0 Å². The maximum Gasteiger partial charge on any atom is 0.410 e. The van der Waals surface area contributed by atoms with Crippen LogP contribution in [0.25, 0.3) is 0 Å². The molecule has 1 amide bonds. The molecule has 2 heterocycles. The molecule has 34 heavy (non-hydrogen) atoms. The fraction of sp³-hybridized carbons (Fsp3) is 0.478. The second kappa shape index (κ2) is 10.8. The van der Waals surface area contributed by atoms with Crippen molar-refractivity contribution in [2.75, 3.05) is 19.3 Å². The molecule has 0 N–H and O–H groups in total. The Morgan fingerprint density at radius 3 is 2.32 bits per heavy atom. The van der Waals surface area contributed by atoms with E-state index in [9.17, 15) is 13.2 Å². The minimum absolute atomic E-state index is 0.0943. The lowest BCUT2D eigenvalue weighted by Crippen LogP contribution is -2.42. The van der Waals surface area contributed by atoms with Crippen molar-refractivity contribution in [3.8, 4) is 11.8 Å². The molecule has 1 saturated heterocycles. The van der Waals surface area contributed by atoms with E-state index in [-0.39, 0.29) is 29.1 Å². The summed E-state index contributed by atoms with van der Waals surface area (Å²) in [5, 5.41) is 4.12. The number of sulfone groups is 1. The summed E-state index contributed by atoms with van der Waals surface area (Å²) in [6.45, 7) is 8.28. The zero-order valence-electron chi connectivity index (χ0n) is 20.0. The van der Waals surface area contributed by atoms with Crippen molar-refractivity contribution in [1.82, 2.24) is 14.9 Å². The summed E-state index contributed by atoms with van der Waals surface area (Å²) in [4.78, 5) is 27.9. The van der Waals surface area contributed by atoms with Gasteiger partial charge in [-0.3, -0.25) is 0 Å². The predicted octanol–water partition coefficient (Wildman–Crippen LogP) is 3.38. The molecule has 11 heteroatoms. The average Bonchev–Trinajstić information content (AvgIpc) is 2.79. The zero-order valence-corrected chi connectivity index (χ0v) is 20.8. The van der Waals surface area contributed by atoms with Crippen molar-refractivity contribution < 1.29 is 27.5 Å². The van der Waals surface area contributed by atoms with E-state index in [1.54, 1.807) is 30.9 Å². The van der Waals surface area contributed by atoms with Crippen molar-refractivity contribution in [3.63, 3.8) is 0 Å². The highest BCUT2D eigenvalue weighted by Gasteiger charge is 2.26. The second-order valence-electron chi connectivity index (χ2n) is 8.41. The van der Waals surface area contributed by atoms with Gasteiger partial charge in [0, 0.05) is 32.2 Å². The number of amides is 1. The normalized spacial score (nSPS) is 15.4. The molecule has 10 nitrogen and oxygen atoms in total. The minimum atomic E-state index is -3.26. The molecule has 0 atom stereocenters. The van der Waals surface area contributed by atoms with Crippen molar-refractivity contribution >= 4 is 21.6 Å². The fourth-order valence-corrected chi connectivity index (χ4v) is 3.96. The van der Waals surface area contributed by atoms with Gasteiger partial charge >= 0.3 is 6.09 Å². The Morgan fingerprint density at radius 2 is 1.74 bits per heavy atom. The summed E-state index contributed by atoms with van der Waals surface area (Å²) < 4.78 is 34.5. The summed E-state index contributed by atoms with van der Waals surface area (Å²) in [7, 11) is -3.26. The second-order valence-corrected chi connectivity index (χ2v) is 10.4. The molecule has 184 valence electrons. The monoisotopic (exact) mass is 490 g/mol. The third-order valence-corrected chi connectivity index (χ3v) is 6.40. The average molecular weight is 491 g/mol. The van der Waals surface area contributed by atoms with E-state index in [2.05, 4.69) is 15.1 Å². The van der Waals surface area contributed by atoms with Crippen LogP contribution in [0.3, 0.4) is 0 Å². The van der Waals surface area contributed by atoms with E-state index < -0.39 is 9.84 Å². The first-order valence-corrected chi connectivity index (χ1v) is 12.9. The lowest BCUT2D eigenvalue weighted by Gasteiger charge is -2.31. The van der Waals surface area contributed by atoms with E-state index in [1.807, 2.05) is 13.8 Å². The smallest absolute Gasteiger partial charge is 0.410 e. The van der Waals surface area contributed by atoms with Crippen LogP contribution in [0, 0.1) is 6.92 Å². The summed E-state index contributed by atoms with van der Waals surface area (Å²) >= 11 is 0. The number of aromatic nitrogens is 2. The number of hydrogen-bond donors (Lipinski definition) is 0. The highest BCUT2D eigenvalue weighted by molar-refractivity contribution is 7.90. The third-order valence-electron chi connectivity index (χ3n) is 5.28. The van der Waals surface area contributed by atoms with Crippen LogP contribution in [0.5, 0.6) is 11.8 Å². The highest BCUT2D eigenvalue weighted by Crippen LogP contribution is 2.26. The van der Waals surface area contributed by atoms with Gasteiger partial charge in [0.2, 0.25) is 5.88 Å². The van der Waals surface area contributed by atoms with Gasteiger partial charge in [-0.05, 0) is 45.4 Å². The Hall–Kier alpha value is -3.21. The number of oxime groups is 1. The van der Waals surface area contributed by atoms with Gasteiger partial charge in [-0.25, -0.2) is 18.2 Å². The molecular formula is C23H30N4O6S. The number of carbonyl (C=O) groups is 1. The maximum atomic E-state index is 12.0. The van der Waals surface area contributed by atoms with Crippen LogP contribution in [0.2, 0.25) is 0 Å². The Kier molecular flexibility index (Phi) is 8.08. The van der Waals surface area contributed by atoms with E-state index in [0.29, 0.717) is 43.1 Å². The molecule has 2 aromatic rings. The SMILES string of the molecule is C/C(=N/Oc1ncnc(OC2CCN(C(=O)OC(C)C)CC2)c1C)c1ccc(S(C)(=O)=O)cc1. The Labute approximate surface area is 199 Å². The van der Waals surface area contributed by atoms with Crippen LogP contribution in [0.1, 0.15) is 44.7 Å². The molecule has 0 bridgehead atoms. The Morgan fingerprint density at radius 1 is 1.12 bits per heavy atom. The lowest BCUT2D eigenvalue weighted by molar-refractivity contribution is 0.0504. The first-order chi connectivity index (χ1) is 16.0. The van der Waals surface area contributed by atoms with E-state index in [0.717, 1.165) is 11.8 Å². The highest BCUT2D eigenvalue weighted by atomic mass is 32.2.